The van der Waals surface area contributed by atoms with Gasteiger partial charge in [-0.15, -0.1) is 0 Å². The van der Waals surface area contributed by atoms with Crippen LogP contribution in [0.4, 0.5) is 13.2 Å². The van der Waals surface area contributed by atoms with Crippen LogP contribution in [0.2, 0.25) is 5.15 Å². The maximum atomic E-state index is 12.9. The molecule has 0 bridgehead atoms. The molecule has 0 aliphatic rings. The largest absolute Gasteiger partial charge is 0.493 e. The minimum Gasteiger partial charge on any atom is -0.493 e. The molecule has 2 aromatic carbocycles. The van der Waals surface area contributed by atoms with Gasteiger partial charge in [-0.1, -0.05) is 41.9 Å². The molecule has 0 saturated heterocycles. The summed E-state index contributed by atoms with van der Waals surface area (Å²) in [7, 11) is 0. The van der Waals surface area contributed by atoms with Crippen LogP contribution in [0.15, 0.2) is 54.7 Å². The fourth-order valence-corrected chi connectivity index (χ4v) is 3.64. The molecule has 0 atom stereocenters. The van der Waals surface area contributed by atoms with Gasteiger partial charge in [-0.2, -0.15) is 13.2 Å². The summed E-state index contributed by atoms with van der Waals surface area (Å²) >= 11 is 6.35. The SMILES string of the molecule is CCOC(=O)CCCCCOc1ccccc1Cn1c(Cl)cnc1-c1ccc(C(F)(F)F)cc1. The normalized spacial score (nSPS) is 11.4. The monoisotopic (exact) mass is 494 g/mol. The van der Waals surface area contributed by atoms with Crippen LogP contribution in [0.1, 0.15) is 43.7 Å². The number of nitrogens with zero attached hydrogens (tertiary/aromatic N) is 2. The third-order valence-corrected chi connectivity index (χ3v) is 5.47. The quantitative estimate of drug-likeness (QED) is 0.218. The Morgan fingerprint density at radius 1 is 1.06 bits per heavy atom. The Kier molecular flexibility index (Phi) is 8.98. The molecule has 5 nitrogen and oxygen atoms in total. The van der Waals surface area contributed by atoms with Gasteiger partial charge in [-0.25, -0.2) is 4.98 Å². The van der Waals surface area contributed by atoms with Crippen molar-refractivity contribution in [3.8, 4) is 17.1 Å². The number of ether oxygens (including phenoxy) is 2. The van der Waals surface area contributed by atoms with Crippen LogP contribution in [0.5, 0.6) is 5.75 Å². The van der Waals surface area contributed by atoms with Crippen molar-refractivity contribution in [1.29, 1.82) is 0 Å². The number of carbonyl (C=O) groups excluding carboxylic acids is 1. The first-order chi connectivity index (χ1) is 16.3. The summed E-state index contributed by atoms with van der Waals surface area (Å²) in [4.78, 5) is 15.7. The lowest BCUT2D eigenvalue weighted by atomic mass is 10.1. The number of para-hydroxylation sites is 1. The number of unbranched alkanes of at least 4 members (excludes halogenated alkanes) is 2. The van der Waals surface area contributed by atoms with Crippen LogP contribution in [-0.4, -0.2) is 28.7 Å². The standard InChI is InChI=1S/C25H26ClF3N2O3/c1-2-33-23(32)10-4-3-7-15-34-21-9-6-5-8-19(21)17-31-22(26)16-30-24(31)18-11-13-20(14-12-18)25(27,28)29/h5-6,8-9,11-14,16H,2-4,7,10,15,17H2,1H3. The minimum atomic E-state index is -4.40. The van der Waals surface area contributed by atoms with Crippen LogP contribution in [0.3, 0.4) is 0 Å². The second-order valence-electron chi connectivity index (χ2n) is 7.64. The number of esters is 1. The van der Waals surface area contributed by atoms with E-state index in [9.17, 15) is 18.0 Å². The van der Waals surface area contributed by atoms with Gasteiger partial charge in [0.15, 0.2) is 0 Å². The zero-order chi connectivity index (χ0) is 24.6. The van der Waals surface area contributed by atoms with Crippen molar-refractivity contribution in [2.75, 3.05) is 13.2 Å². The minimum absolute atomic E-state index is 0.185. The summed E-state index contributed by atoms with van der Waals surface area (Å²) in [5, 5.41) is 0.365. The van der Waals surface area contributed by atoms with E-state index in [0.29, 0.717) is 48.5 Å². The zero-order valence-corrected chi connectivity index (χ0v) is 19.5. The van der Waals surface area contributed by atoms with Gasteiger partial charge in [0.05, 0.1) is 31.5 Å². The number of hydrogen-bond donors (Lipinski definition) is 0. The zero-order valence-electron chi connectivity index (χ0n) is 18.8. The Balaban J connectivity index is 1.65. The van der Waals surface area contributed by atoms with Crippen molar-refractivity contribution in [3.05, 3.63) is 71.0 Å². The molecule has 1 aromatic heterocycles. The maximum absolute atomic E-state index is 12.9. The van der Waals surface area contributed by atoms with E-state index in [1.165, 1.54) is 18.3 Å². The first-order valence-corrected chi connectivity index (χ1v) is 11.4. The summed E-state index contributed by atoms with van der Waals surface area (Å²) < 4.78 is 51.3. The summed E-state index contributed by atoms with van der Waals surface area (Å²) in [5.41, 5.74) is 0.670. The van der Waals surface area contributed by atoms with Crippen LogP contribution in [0.25, 0.3) is 11.4 Å². The van der Waals surface area contributed by atoms with Gasteiger partial charge in [0.25, 0.3) is 0 Å². The van der Waals surface area contributed by atoms with Gasteiger partial charge in [-0.3, -0.25) is 4.79 Å². The highest BCUT2D eigenvalue weighted by molar-refractivity contribution is 6.29. The number of carbonyl (C=O) groups is 1. The van der Waals surface area contributed by atoms with Crippen LogP contribution in [0, 0.1) is 0 Å². The molecule has 9 heteroatoms. The lowest BCUT2D eigenvalue weighted by Gasteiger charge is -2.15. The third-order valence-electron chi connectivity index (χ3n) is 5.17. The highest BCUT2D eigenvalue weighted by atomic mass is 35.5. The lowest BCUT2D eigenvalue weighted by molar-refractivity contribution is -0.143. The van der Waals surface area contributed by atoms with Gasteiger partial charge >= 0.3 is 12.1 Å². The maximum Gasteiger partial charge on any atom is 0.416 e. The molecule has 0 aliphatic carbocycles. The number of rotatable bonds is 11. The molecule has 182 valence electrons. The number of halogens is 4. The molecule has 0 radical (unpaired) electrons. The third kappa shape index (κ3) is 7.00. The molecule has 3 aromatic rings. The predicted molar refractivity (Wildman–Crippen MR) is 124 cm³/mol. The Labute approximate surface area is 201 Å². The molecule has 0 unspecified atom stereocenters. The van der Waals surface area contributed by atoms with Crippen LogP contribution in [-0.2, 0) is 22.3 Å². The summed E-state index contributed by atoms with van der Waals surface area (Å²) in [5.74, 6) is 0.971. The topological polar surface area (TPSA) is 53.4 Å². The van der Waals surface area contributed by atoms with Gasteiger partial charge in [0.2, 0.25) is 0 Å². The Bertz CT molecular complexity index is 1080. The molecule has 3 rings (SSSR count). The predicted octanol–water partition coefficient (Wildman–Crippen LogP) is 6.77. The molecular weight excluding hydrogens is 469 g/mol. The average molecular weight is 495 g/mol. The van der Waals surface area contributed by atoms with E-state index >= 15 is 0 Å². The van der Waals surface area contributed by atoms with Gasteiger partial charge in [0, 0.05) is 17.5 Å². The van der Waals surface area contributed by atoms with Crippen LogP contribution >= 0.6 is 11.6 Å². The van der Waals surface area contributed by atoms with Crippen molar-refractivity contribution < 1.29 is 27.4 Å². The fourth-order valence-electron chi connectivity index (χ4n) is 3.45. The van der Waals surface area contributed by atoms with Crippen molar-refractivity contribution in [2.45, 2.75) is 45.3 Å². The second-order valence-corrected chi connectivity index (χ2v) is 8.02. The molecule has 0 spiro atoms. The first-order valence-electron chi connectivity index (χ1n) is 11.0. The summed E-state index contributed by atoms with van der Waals surface area (Å²) in [6.07, 6.45) is -0.160. The van der Waals surface area contributed by atoms with E-state index in [0.717, 1.165) is 37.0 Å². The Hall–Kier alpha value is -3.00. The van der Waals surface area contributed by atoms with E-state index in [1.54, 1.807) is 11.5 Å². The smallest absolute Gasteiger partial charge is 0.416 e. The average Bonchev–Trinajstić information content (AvgIpc) is 3.17. The van der Waals surface area contributed by atoms with Crippen LogP contribution < -0.4 is 4.74 Å². The number of imidazole rings is 1. The van der Waals surface area contributed by atoms with Gasteiger partial charge in [-0.05, 0) is 44.4 Å². The summed E-state index contributed by atoms with van der Waals surface area (Å²) in [6, 6.07) is 12.3. The number of benzene rings is 2. The highest BCUT2D eigenvalue weighted by Gasteiger charge is 2.30. The van der Waals surface area contributed by atoms with E-state index in [2.05, 4.69) is 4.98 Å². The number of hydrogen-bond acceptors (Lipinski definition) is 4. The lowest BCUT2D eigenvalue weighted by Crippen LogP contribution is -2.07. The fraction of sp³-hybridized carbons (Fsp3) is 0.360. The van der Waals surface area contributed by atoms with Crippen molar-refractivity contribution in [3.63, 3.8) is 0 Å². The van der Waals surface area contributed by atoms with E-state index in [-0.39, 0.29) is 5.97 Å². The molecule has 1 heterocycles. The van der Waals surface area contributed by atoms with Crippen molar-refractivity contribution in [2.24, 2.45) is 0 Å². The molecule has 0 fully saturated rings. The van der Waals surface area contributed by atoms with Crippen molar-refractivity contribution >= 4 is 17.6 Å². The Morgan fingerprint density at radius 3 is 2.50 bits per heavy atom. The van der Waals surface area contributed by atoms with E-state index in [4.69, 9.17) is 21.1 Å². The number of alkyl halides is 3. The van der Waals surface area contributed by atoms with Gasteiger partial charge in [0.1, 0.15) is 16.7 Å². The Morgan fingerprint density at radius 2 is 1.79 bits per heavy atom. The molecular formula is C25H26ClF3N2O3. The second kappa shape index (κ2) is 11.9. The first kappa shape index (κ1) is 25.6. The van der Waals surface area contributed by atoms with E-state index in [1.807, 2.05) is 24.3 Å². The summed E-state index contributed by atoms with van der Waals surface area (Å²) in [6.45, 7) is 3.00. The molecule has 0 amide bonds. The molecule has 0 saturated carbocycles. The highest BCUT2D eigenvalue weighted by Crippen LogP contribution is 2.32. The molecule has 34 heavy (non-hydrogen) atoms. The van der Waals surface area contributed by atoms with E-state index < -0.39 is 11.7 Å². The number of aromatic nitrogens is 2. The van der Waals surface area contributed by atoms with Gasteiger partial charge < -0.3 is 14.0 Å². The van der Waals surface area contributed by atoms with Crippen molar-refractivity contribution in [1.82, 2.24) is 9.55 Å². The molecule has 0 N–H and O–H groups in total. The molecule has 0 aliphatic heterocycles.